The van der Waals surface area contributed by atoms with Crippen LogP contribution < -0.4 is 5.32 Å². The van der Waals surface area contributed by atoms with Gasteiger partial charge in [0.1, 0.15) is 0 Å². The van der Waals surface area contributed by atoms with Gasteiger partial charge in [-0.1, -0.05) is 6.92 Å². The van der Waals surface area contributed by atoms with Crippen molar-refractivity contribution in [3.8, 4) is 0 Å². The Hall–Kier alpha value is -0.640. The molecule has 0 saturated heterocycles. The molecule has 0 saturated carbocycles. The first-order chi connectivity index (χ1) is 8.22. The summed E-state index contributed by atoms with van der Waals surface area (Å²) in [6.07, 6.45) is 1.17. The van der Waals surface area contributed by atoms with Crippen LogP contribution in [0.15, 0.2) is 22.9 Å². The van der Waals surface area contributed by atoms with Crippen LogP contribution in [0.3, 0.4) is 0 Å². The molecule has 2 heterocycles. The minimum atomic E-state index is 0.375. The van der Waals surface area contributed by atoms with Gasteiger partial charge in [-0.15, -0.1) is 11.3 Å². The zero-order valence-corrected chi connectivity index (χ0v) is 12.3. The zero-order chi connectivity index (χ0) is 12.3. The summed E-state index contributed by atoms with van der Waals surface area (Å²) < 4.78 is 0. The second-order valence-corrected chi connectivity index (χ2v) is 6.42. The number of nitrogens with one attached hydrogen (secondary N) is 1. The van der Waals surface area contributed by atoms with Gasteiger partial charge in [0.05, 0.1) is 6.04 Å². The maximum Gasteiger partial charge on any atom is 0.0681 e. The van der Waals surface area contributed by atoms with Crippen molar-refractivity contribution >= 4 is 22.7 Å². The molecule has 3 heteroatoms. The smallest absolute Gasteiger partial charge is 0.0681 e. The van der Waals surface area contributed by atoms with Crippen LogP contribution in [-0.4, -0.2) is 6.54 Å². The average Bonchev–Trinajstić information content (AvgIpc) is 2.90. The van der Waals surface area contributed by atoms with Crippen molar-refractivity contribution in [2.45, 2.75) is 33.2 Å². The molecule has 0 amide bonds. The van der Waals surface area contributed by atoms with Crippen molar-refractivity contribution in [1.29, 1.82) is 0 Å². The van der Waals surface area contributed by atoms with E-state index in [1.807, 2.05) is 11.3 Å². The highest BCUT2D eigenvalue weighted by molar-refractivity contribution is 7.12. The van der Waals surface area contributed by atoms with Crippen LogP contribution in [0.1, 0.15) is 40.3 Å². The summed E-state index contributed by atoms with van der Waals surface area (Å²) in [6.45, 7) is 7.68. The Kier molecular flexibility index (Phi) is 4.37. The Balaban J connectivity index is 2.30. The molecule has 0 aliphatic rings. The summed E-state index contributed by atoms with van der Waals surface area (Å²) in [5.41, 5.74) is 2.81. The third-order valence-electron chi connectivity index (χ3n) is 2.82. The van der Waals surface area contributed by atoms with Crippen LogP contribution in [0, 0.1) is 13.8 Å². The van der Waals surface area contributed by atoms with E-state index in [0.717, 1.165) is 6.54 Å². The molecule has 1 atom stereocenters. The lowest BCUT2D eigenvalue weighted by molar-refractivity contribution is 0.605. The van der Waals surface area contributed by atoms with E-state index in [2.05, 4.69) is 49.0 Å². The highest BCUT2D eigenvalue weighted by Gasteiger charge is 2.17. The fraction of sp³-hybridized carbons (Fsp3) is 0.429. The van der Waals surface area contributed by atoms with E-state index in [1.54, 1.807) is 11.3 Å². The van der Waals surface area contributed by atoms with Gasteiger partial charge in [-0.25, -0.2) is 0 Å². The van der Waals surface area contributed by atoms with E-state index in [9.17, 15) is 0 Å². The maximum absolute atomic E-state index is 3.66. The van der Waals surface area contributed by atoms with Gasteiger partial charge in [0.2, 0.25) is 0 Å². The Bertz CT molecular complexity index is 457. The first-order valence-corrected chi connectivity index (χ1v) is 7.80. The topological polar surface area (TPSA) is 12.0 Å². The largest absolute Gasteiger partial charge is 0.306 e. The molecular formula is C14H19NS2. The third kappa shape index (κ3) is 2.97. The van der Waals surface area contributed by atoms with Crippen molar-refractivity contribution < 1.29 is 0 Å². The highest BCUT2D eigenvalue weighted by Crippen LogP contribution is 2.32. The van der Waals surface area contributed by atoms with Crippen LogP contribution in [0.5, 0.6) is 0 Å². The Morgan fingerprint density at radius 2 is 2.18 bits per heavy atom. The third-order valence-corrected chi connectivity index (χ3v) is 4.74. The molecule has 1 nitrogen and oxygen atoms in total. The molecule has 0 fully saturated rings. The van der Waals surface area contributed by atoms with E-state index in [1.165, 1.54) is 27.3 Å². The van der Waals surface area contributed by atoms with Crippen molar-refractivity contribution in [3.63, 3.8) is 0 Å². The van der Waals surface area contributed by atoms with Crippen LogP contribution in [0.2, 0.25) is 0 Å². The Morgan fingerprint density at radius 3 is 2.71 bits per heavy atom. The van der Waals surface area contributed by atoms with Crippen molar-refractivity contribution in [1.82, 2.24) is 5.32 Å². The summed E-state index contributed by atoms with van der Waals surface area (Å²) >= 11 is 3.69. The molecule has 1 unspecified atom stereocenters. The number of hydrogen-bond acceptors (Lipinski definition) is 3. The van der Waals surface area contributed by atoms with Crippen LogP contribution in [0.25, 0.3) is 0 Å². The first-order valence-electron chi connectivity index (χ1n) is 6.04. The number of hydrogen-bond donors (Lipinski definition) is 1. The van der Waals surface area contributed by atoms with Crippen molar-refractivity contribution in [3.05, 3.63) is 43.8 Å². The van der Waals surface area contributed by atoms with Crippen LogP contribution >= 0.6 is 22.7 Å². The van der Waals surface area contributed by atoms with Gasteiger partial charge < -0.3 is 5.32 Å². The van der Waals surface area contributed by atoms with E-state index in [-0.39, 0.29) is 0 Å². The van der Waals surface area contributed by atoms with E-state index >= 15 is 0 Å². The normalized spacial score (nSPS) is 12.9. The van der Waals surface area contributed by atoms with Gasteiger partial charge >= 0.3 is 0 Å². The van der Waals surface area contributed by atoms with Gasteiger partial charge in [0.15, 0.2) is 0 Å². The summed E-state index contributed by atoms with van der Waals surface area (Å²) in [5, 5.41) is 8.07. The quantitative estimate of drug-likeness (QED) is 0.838. The number of aryl methyl sites for hydroxylation is 2. The molecular weight excluding hydrogens is 246 g/mol. The SMILES string of the molecule is CCCNC(c1ccsc1)c1sc(C)cc1C. The predicted molar refractivity (Wildman–Crippen MR) is 78.2 cm³/mol. The molecule has 17 heavy (non-hydrogen) atoms. The second kappa shape index (κ2) is 5.80. The lowest BCUT2D eigenvalue weighted by Crippen LogP contribution is -2.22. The van der Waals surface area contributed by atoms with Crippen molar-refractivity contribution in [2.24, 2.45) is 0 Å². The molecule has 0 aliphatic carbocycles. The van der Waals surface area contributed by atoms with Crippen LogP contribution in [0.4, 0.5) is 0 Å². The minimum absolute atomic E-state index is 0.375. The minimum Gasteiger partial charge on any atom is -0.306 e. The molecule has 2 rings (SSSR count). The predicted octanol–water partition coefficient (Wildman–Crippen LogP) is 4.52. The Morgan fingerprint density at radius 1 is 1.35 bits per heavy atom. The fourth-order valence-corrected chi connectivity index (χ4v) is 3.86. The Labute approximate surface area is 112 Å². The molecule has 0 aromatic carbocycles. The van der Waals surface area contributed by atoms with Crippen LogP contribution in [-0.2, 0) is 0 Å². The lowest BCUT2D eigenvalue weighted by atomic mass is 10.1. The monoisotopic (exact) mass is 265 g/mol. The lowest BCUT2D eigenvalue weighted by Gasteiger charge is -2.17. The van der Waals surface area contributed by atoms with Gasteiger partial charge in [0, 0.05) is 9.75 Å². The highest BCUT2D eigenvalue weighted by atomic mass is 32.1. The number of rotatable bonds is 5. The van der Waals surface area contributed by atoms with E-state index in [0.29, 0.717) is 6.04 Å². The molecule has 2 aromatic rings. The number of thiophene rings is 2. The molecule has 2 aromatic heterocycles. The molecule has 0 bridgehead atoms. The van der Waals surface area contributed by atoms with E-state index in [4.69, 9.17) is 0 Å². The summed E-state index contributed by atoms with van der Waals surface area (Å²) in [6, 6.07) is 4.89. The zero-order valence-electron chi connectivity index (χ0n) is 10.6. The molecule has 0 aliphatic heterocycles. The molecule has 92 valence electrons. The fourth-order valence-electron chi connectivity index (χ4n) is 2.04. The van der Waals surface area contributed by atoms with Gasteiger partial charge in [-0.2, -0.15) is 11.3 Å². The van der Waals surface area contributed by atoms with Gasteiger partial charge in [-0.05, 0) is 60.8 Å². The summed E-state index contributed by atoms with van der Waals surface area (Å²) in [5.74, 6) is 0. The first kappa shape index (κ1) is 12.8. The summed E-state index contributed by atoms with van der Waals surface area (Å²) in [7, 11) is 0. The van der Waals surface area contributed by atoms with Gasteiger partial charge in [-0.3, -0.25) is 0 Å². The van der Waals surface area contributed by atoms with E-state index < -0.39 is 0 Å². The second-order valence-electron chi connectivity index (χ2n) is 4.35. The standard InChI is InChI=1S/C14H19NS2/c1-4-6-15-13(12-5-7-16-9-12)14-10(2)8-11(3)17-14/h5,7-9,13,15H,4,6H2,1-3H3. The molecule has 1 N–H and O–H groups in total. The average molecular weight is 265 g/mol. The van der Waals surface area contributed by atoms with Crippen molar-refractivity contribution in [2.75, 3.05) is 6.54 Å². The molecule has 0 radical (unpaired) electrons. The maximum atomic E-state index is 3.66. The summed E-state index contributed by atoms with van der Waals surface area (Å²) in [4.78, 5) is 2.87. The molecule has 0 spiro atoms. The van der Waals surface area contributed by atoms with Gasteiger partial charge in [0.25, 0.3) is 0 Å².